The molecule has 0 saturated carbocycles. The van der Waals surface area contributed by atoms with Gasteiger partial charge in [-0.15, -0.1) is 0 Å². The molecule has 1 aliphatic heterocycles. The third kappa shape index (κ3) is 1.55. The summed E-state index contributed by atoms with van der Waals surface area (Å²) in [5.74, 6) is 0.445. The Morgan fingerprint density at radius 2 is 1.41 bits per heavy atom. The third-order valence-corrected chi connectivity index (χ3v) is 4.00. The van der Waals surface area contributed by atoms with Gasteiger partial charge in [-0.1, -0.05) is 55.5 Å². The topological polar surface area (TPSA) is 20.3 Å². The van der Waals surface area contributed by atoms with Gasteiger partial charge in [0.25, 0.3) is 0 Å². The average molecular weight is 227 g/mol. The van der Waals surface area contributed by atoms with Crippen LogP contribution in [0, 0.1) is 11.8 Å². The molecule has 0 bridgehead atoms. The van der Waals surface area contributed by atoms with Crippen LogP contribution in [0.4, 0.5) is 0 Å². The molecule has 0 aromatic rings. The van der Waals surface area contributed by atoms with Gasteiger partial charge in [-0.05, 0) is 6.54 Å². The first-order valence-corrected chi connectivity index (χ1v) is 6.32. The smallest absolute Gasteiger partial charge is 0.150 e. The molecule has 3 aliphatic rings. The van der Waals surface area contributed by atoms with E-state index < -0.39 is 0 Å². The van der Waals surface area contributed by atoms with Crippen molar-refractivity contribution < 1.29 is 4.79 Å². The zero-order valence-electron chi connectivity index (χ0n) is 9.99. The van der Waals surface area contributed by atoms with Crippen molar-refractivity contribution in [1.29, 1.82) is 0 Å². The lowest BCUT2D eigenvalue weighted by Crippen LogP contribution is -2.58. The van der Waals surface area contributed by atoms with E-state index in [0.717, 1.165) is 6.54 Å². The number of Topliss-reactive ketones (excluding diaryl/α,β-unsaturated/α-hetero) is 1. The minimum absolute atomic E-state index is 0.0392. The Kier molecular flexibility index (Phi) is 2.60. The first kappa shape index (κ1) is 10.7. The van der Waals surface area contributed by atoms with E-state index in [1.54, 1.807) is 0 Å². The zero-order valence-corrected chi connectivity index (χ0v) is 9.99. The highest BCUT2D eigenvalue weighted by molar-refractivity contribution is 5.90. The number of hydrogen-bond acceptors (Lipinski definition) is 2. The Balaban J connectivity index is 2.01. The maximum Gasteiger partial charge on any atom is 0.150 e. The Bertz CT molecular complexity index is 406. The molecule has 0 amide bonds. The molecule has 0 aromatic carbocycles. The van der Waals surface area contributed by atoms with Gasteiger partial charge in [-0.2, -0.15) is 0 Å². The Labute approximate surface area is 102 Å². The van der Waals surface area contributed by atoms with E-state index in [9.17, 15) is 4.79 Å². The van der Waals surface area contributed by atoms with Crippen molar-refractivity contribution in [3.8, 4) is 0 Å². The Morgan fingerprint density at radius 3 is 1.88 bits per heavy atom. The predicted octanol–water partition coefficient (Wildman–Crippen LogP) is 2.11. The van der Waals surface area contributed by atoms with Gasteiger partial charge in [0.1, 0.15) is 5.78 Å². The molecule has 1 saturated heterocycles. The fourth-order valence-corrected chi connectivity index (χ4v) is 3.19. The highest BCUT2D eigenvalue weighted by Gasteiger charge is 2.44. The monoisotopic (exact) mass is 227 g/mol. The number of likely N-dealkylation sites (N-methyl/N-ethyl adjacent to an activating group) is 1. The number of nitrogens with zero attached hydrogens (tertiary/aromatic N) is 1. The molecular formula is C15H17NO. The molecule has 2 aliphatic carbocycles. The van der Waals surface area contributed by atoms with Crippen LogP contribution in [-0.4, -0.2) is 29.3 Å². The normalized spacial score (nSPS) is 39.2. The van der Waals surface area contributed by atoms with Crippen molar-refractivity contribution in [1.82, 2.24) is 4.90 Å². The van der Waals surface area contributed by atoms with Gasteiger partial charge in [0.2, 0.25) is 0 Å². The second-order valence-corrected chi connectivity index (χ2v) is 4.81. The minimum Gasteiger partial charge on any atom is -0.298 e. The van der Waals surface area contributed by atoms with Gasteiger partial charge in [-0.3, -0.25) is 9.69 Å². The van der Waals surface area contributed by atoms with Crippen LogP contribution in [0.25, 0.3) is 0 Å². The van der Waals surface area contributed by atoms with Crippen LogP contribution in [0.2, 0.25) is 0 Å². The number of fused-ring (bicyclic) bond motifs is 2. The molecule has 3 rings (SSSR count). The summed E-state index contributed by atoms with van der Waals surface area (Å²) >= 11 is 0. The summed E-state index contributed by atoms with van der Waals surface area (Å²) < 4.78 is 0. The van der Waals surface area contributed by atoms with Gasteiger partial charge >= 0.3 is 0 Å². The standard InChI is InChI=1S/C15H17NO/c1-2-16-13-9-5-3-7-11(13)15(17)12-8-4-6-10-14(12)16/h3-14H,2H2,1H3. The van der Waals surface area contributed by atoms with Crippen molar-refractivity contribution in [3.63, 3.8) is 0 Å². The lowest BCUT2D eigenvalue weighted by molar-refractivity contribution is -0.131. The summed E-state index contributed by atoms with van der Waals surface area (Å²) in [5, 5.41) is 0. The molecule has 17 heavy (non-hydrogen) atoms. The number of hydrogen-bond donors (Lipinski definition) is 0. The largest absolute Gasteiger partial charge is 0.298 e. The molecule has 88 valence electrons. The molecule has 4 unspecified atom stereocenters. The number of carbonyl (C=O) groups is 1. The molecule has 0 N–H and O–H groups in total. The highest BCUT2D eigenvalue weighted by Crippen LogP contribution is 2.35. The maximum absolute atomic E-state index is 12.5. The van der Waals surface area contributed by atoms with Crippen molar-refractivity contribution in [2.45, 2.75) is 19.0 Å². The number of piperidine rings is 1. The van der Waals surface area contributed by atoms with Crippen molar-refractivity contribution in [2.75, 3.05) is 6.54 Å². The highest BCUT2D eigenvalue weighted by atomic mass is 16.1. The van der Waals surface area contributed by atoms with Crippen LogP contribution in [0.3, 0.4) is 0 Å². The summed E-state index contributed by atoms with van der Waals surface area (Å²) in [6.45, 7) is 3.15. The van der Waals surface area contributed by atoms with E-state index in [2.05, 4.69) is 48.3 Å². The Morgan fingerprint density at radius 1 is 0.941 bits per heavy atom. The molecule has 0 spiro atoms. The molecule has 0 aromatic heterocycles. The van der Waals surface area contributed by atoms with E-state index in [4.69, 9.17) is 0 Å². The molecular weight excluding hydrogens is 210 g/mol. The van der Waals surface area contributed by atoms with Crippen LogP contribution in [-0.2, 0) is 4.79 Å². The number of rotatable bonds is 1. The molecule has 2 heteroatoms. The van der Waals surface area contributed by atoms with Gasteiger partial charge in [0.05, 0.1) is 11.8 Å². The van der Waals surface area contributed by atoms with Gasteiger partial charge in [0.15, 0.2) is 0 Å². The van der Waals surface area contributed by atoms with E-state index in [1.807, 2.05) is 12.2 Å². The van der Waals surface area contributed by atoms with Crippen molar-refractivity contribution in [3.05, 3.63) is 48.6 Å². The van der Waals surface area contributed by atoms with E-state index in [1.165, 1.54) is 0 Å². The van der Waals surface area contributed by atoms with E-state index in [0.29, 0.717) is 5.78 Å². The van der Waals surface area contributed by atoms with Crippen LogP contribution in [0.5, 0.6) is 0 Å². The van der Waals surface area contributed by atoms with Crippen molar-refractivity contribution >= 4 is 5.78 Å². The van der Waals surface area contributed by atoms with Crippen LogP contribution < -0.4 is 0 Å². The summed E-state index contributed by atoms with van der Waals surface area (Å²) in [7, 11) is 0. The van der Waals surface area contributed by atoms with E-state index >= 15 is 0 Å². The van der Waals surface area contributed by atoms with Crippen LogP contribution >= 0.6 is 0 Å². The maximum atomic E-state index is 12.5. The number of carbonyl (C=O) groups excluding carboxylic acids is 1. The zero-order chi connectivity index (χ0) is 11.8. The number of ketones is 1. The molecule has 1 fully saturated rings. The Hall–Kier alpha value is -1.41. The SMILES string of the molecule is CCN1C2C=CC=CC2C(=O)C2C=CC=CC21. The second kappa shape index (κ2) is 4.11. The number of allylic oxidation sites excluding steroid dienone is 4. The minimum atomic E-state index is 0.0392. The van der Waals surface area contributed by atoms with Crippen LogP contribution in [0.15, 0.2) is 48.6 Å². The molecule has 0 radical (unpaired) electrons. The fourth-order valence-electron chi connectivity index (χ4n) is 3.19. The van der Waals surface area contributed by atoms with Gasteiger partial charge in [0, 0.05) is 12.1 Å². The molecule has 1 heterocycles. The first-order valence-electron chi connectivity index (χ1n) is 6.32. The molecule has 2 nitrogen and oxygen atoms in total. The lowest BCUT2D eigenvalue weighted by Gasteiger charge is -2.47. The van der Waals surface area contributed by atoms with Crippen molar-refractivity contribution in [2.24, 2.45) is 11.8 Å². The summed E-state index contributed by atoms with van der Waals surface area (Å²) in [6, 6.07) is 0.491. The second-order valence-electron chi connectivity index (χ2n) is 4.81. The number of likely N-dealkylation sites (tertiary alicyclic amines) is 1. The molecule has 4 atom stereocenters. The summed E-state index contributed by atoms with van der Waals surface area (Å²) in [4.78, 5) is 14.9. The first-order chi connectivity index (χ1) is 8.33. The summed E-state index contributed by atoms with van der Waals surface area (Å²) in [5.41, 5.74) is 0. The fraction of sp³-hybridized carbons (Fsp3) is 0.400. The third-order valence-electron chi connectivity index (χ3n) is 4.00. The predicted molar refractivity (Wildman–Crippen MR) is 68.5 cm³/mol. The van der Waals surface area contributed by atoms with E-state index in [-0.39, 0.29) is 23.9 Å². The summed E-state index contributed by atoms with van der Waals surface area (Å²) in [6.07, 6.45) is 16.5. The van der Waals surface area contributed by atoms with Gasteiger partial charge in [-0.25, -0.2) is 0 Å². The van der Waals surface area contributed by atoms with Gasteiger partial charge < -0.3 is 0 Å². The van der Waals surface area contributed by atoms with Crippen LogP contribution in [0.1, 0.15) is 6.92 Å². The average Bonchev–Trinajstić information content (AvgIpc) is 2.40. The lowest BCUT2D eigenvalue weighted by atomic mass is 9.74. The quantitative estimate of drug-likeness (QED) is 0.684.